The van der Waals surface area contributed by atoms with Gasteiger partial charge in [-0.05, 0) is 12.1 Å². The van der Waals surface area contributed by atoms with Gasteiger partial charge in [0, 0.05) is 6.54 Å². The smallest absolute Gasteiger partial charge is 0.321 e. The van der Waals surface area contributed by atoms with Crippen molar-refractivity contribution in [3.8, 4) is 0 Å². The van der Waals surface area contributed by atoms with E-state index < -0.39 is 17.9 Å². The van der Waals surface area contributed by atoms with Crippen molar-refractivity contribution in [1.29, 1.82) is 0 Å². The highest BCUT2D eigenvalue weighted by atomic mass is 32.1. The molecule has 19 heavy (non-hydrogen) atoms. The first-order chi connectivity index (χ1) is 9.06. The Hall–Kier alpha value is -2.15. The van der Waals surface area contributed by atoms with Gasteiger partial charge < -0.3 is 10.4 Å². The normalized spacial score (nSPS) is 12.1. The Morgan fingerprint density at radius 3 is 2.84 bits per heavy atom. The number of thiazole rings is 1. The number of carboxylic acids is 1. The maximum atomic E-state index is 11.6. The van der Waals surface area contributed by atoms with Crippen LogP contribution in [0.2, 0.25) is 0 Å². The van der Waals surface area contributed by atoms with Gasteiger partial charge in [0.25, 0.3) is 0 Å². The Labute approximate surface area is 113 Å². The number of aliphatic carboxylic acids is 1. The number of anilines is 1. The first kappa shape index (κ1) is 13.3. The zero-order valence-electron chi connectivity index (χ0n) is 10.2. The average molecular weight is 279 g/mol. The predicted molar refractivity (Wildman–Crippen MR) is 73.4 cm³/mol. The van der Waals surface area contributed by atoms with E-state index in [2.05, 4.69) is 15.6 Å². The molecule has 1 unspecified atom stereocenters. The van der Waals surface area contributed by atoms with Gasteiger partial charge in [-0.3, -0.25) is 10.1 Å². The summed E-state index contributed by atoms with van der Waals surface area (Å²) in [5.74, 6) is -1.57. The van der Waals surface area contributed by atoms with Crippen LogP contribution in [-0.4, -0.2) is 28.6 Å². The van der Waals surface area contributed by atoms with E-state index in [4.69, 9.17) is 5.11 Å². The predicted octanol–water partition coefficient (Wildman–Crippen LogP) is 2.14. The summed E-state index contributed by atoms with van der Waals surface area (Å²) in [4.78, 5) is 26.4. The van der Waals surface area contributed by atoms with Gasteiger partial charge >= 0.3 is 12.0 Å². The number of rotatable bonds is 4. The molecule has 0 spiro atoms. The summed E-state index contributed by atoms with van der Waals surface area (Å²) < 4.78 is 0.983. The van der Waals surface area contributed by atoms with Gasteiger partial charge in [-0.15, -0.1) is 0 Å². The van der Waals surface area contributed by atoms with Crippen molar-refractivity contribution in [2.45, 2.75) is 6.92 Å². The second-order valence-electron chi connectivity index (χ2n) is 4.06. The summed E-state index contributed by atoms with van der Waals surface area (Å²) in [6.45, 7) is 1.60. The van der Waals surface area contributed by atoms with Gasteiger partial charge in [-0.1, -0.05) is 30.4 Å². The molecule has 2 rings (SSSR count). The lowest BCUT2D eigenvalue weighted by molar-refractivity contribution is -0.140. The second kappa shape index (κ2) is 5.66. The van der Waals surface area contributed by atoms with E-state index in [-0.39, 0.29) is 6.54 Å². The molecule has 0 aliphatic heterocycles. The molecule has 7 heteroatoms. The van der Waals surface area contributed by atoms with Gasteiger partial charge in [-0.25, -0.2) is 9.78 Å². The van der Waals surface area contributed by atoms with E-state index in [1.54, 1.807) is 0 Å². The van der Waals surface area contributed by atoms with Crippen LogP contribution < -0.4 is 10.6 Å². The lowest BCUT2D eigenvalue weighted by atomic mass is 10.2. The molecule has 0 aliphatic rings. The molecule has 1 aromatic carbocycles. The fourth-order valence-electron chi connectivity index (χ4n) is 1.40. The molecule has 0 aliphatic carbocycles. The molecular formula is C12H13N3O3S. The lowest BCUT2D eigenvalue weighted by Crippen LogP contribution is -2.34. The number of para-hydroxylation sites is 1. The molecule has 3 N–H and O–H groups in total. The second-order valence-corrected chi connectivity index (χ2v) is 5.09. The molecule has 6 nitrogen and oxygen atoms in total. The highest BCUT2D eigenvalue weighted by Gasteiger charge is 2.13. The number of hydrogen-bond acceptors (Lipinski definition) is 4. The van der Waals surface area contributed by atoms with Crippen LogP contribution in [0.4, 0.5) is 9.93 Å². The van der Waals surface area contributed by atoms with Crippen LogP contribution in [0, 0.1) is 5.92 Å². The lowest BCUT2D eigenvalue weighted by Gasteiger charge is -2.07. The molecule has 0 saturated carbocycles. The van der Waals surface area contributed by atoms with Crippen molar-refractivity contribution in [2.24, 2.45) is 5.92 Å². The third kappa shape index (κ3) is 3.41. The topological polar surface area (TPSA) is 91.3 Å². The Morgan fingerprint density at radius 1 is 1.42 bits per heavy atom. The highest BCUT2D eigenvalue weighted by molar-refractivity contribution is 7.22. The number of aromatic nitrogens is 1. The van der Waals surface area contributed by atoms with Crippen molar-refractivity contribution in [3.05, 3.63) is 24.3 Å². The van der Waals surface area contributed by atoms with E-state index in [9.17, 15) is 9.59 Å². The zero-order valence-corrected chi connectivity index (χ0v) is 11.0. The van der Waals surface area contributed by atoms with Crippen molar-refractivity contribution in [3.63, 3.8) is 0 Å². The first-order valence-electron chi connectivity index (χ1n) is 5.69. The molecule has 0 bridgehead atoms. The van der Waals surface area contributed by atoms with Crippen LogP contribution in [-0.2, 0) is 4.79 Å². The van der Waals surface area contributed by atoms with Crippen LogP contribution in [0.5, 0.6) is 0 Å². The number of fused-ring (bicyclic) bond motifs is 1. The summed E-state index contributed by atoms with van der Waals surface area (Å²) in [5.41, 5.74) is 0.821. The average Bonchev–Trinajstić information content (AvgIpc) is 2.77. The summed E-state index contributed by atoms with van der Waals surface area (Å²) in [7, 11) is 0. The van der Waals surface area contributed by atoms with Crippen LogP contribution >= 0.6 is 11.3 Å². The Bertz CT molecular complexity index is 578. The Balaban J connectivity index is 1.93. The third-order valence-electron chi connectivity index (χ3n) is 2.50. The third-order valence-corrected chi connectivity index (χ3v) is 3.46. The number of carboxylic acid groups (broad SMARTS) is 1. The van der Waals surface area contributed by atoms with Crippen LogP contribution in [0.25, 0.3) is 10.2 Å². The van der Waals surface area contributed by atoms with Crippen LogP contribution in [0.15, 0.2) is 24.3 Å². The Kier molecular flexibility index (Phi) is 3.96. The molecule has 0 fully saturated rings. The van der Waals surface area contributed by atoms with Crippen LogP contribution in [0.1, 0.15) is 6.92 Å². The molecule has 0 saturated heterocycles. The number of carbonyl (C=O) groups excluding carboxylic acids is 1. The number of urea groups is 1. The minimum Gasteiger partial charge on any atom is -0.481 e. The number of hydrogen-bond donors (Lipinski definition) is 3. The number of benzene rings is 1. The molecule has 1 aromatic heterocycles. The quantitative estimate of drug-likeness (QED) is 0.799. The van der Waals surface area contributed by atoms with Crippen molar-refractivity contribution >= 4 is 38.7 Å². The largest absolute Gasteiger partial charge is 0.481 e. The SMILES string of the molecule is CC(CNC(=O)Nc1nc2ccccc2s1)C(=O)O. The number of nitrogens with zero attached hydrogens (tertiary/aromatic N) is 1. The minimum atomic E-state index is -0.944. The van der Waals surface area contributed by atoms with E-state index >= 15 is 0 Å². The maximum absolute atomic E-state index is 11.6. The van der Waals surface area contributed by atoms with Crippen LogP contribution in [0.3, 0.4) is 0 Å². The van der Waals surface area contributed by atoms with Gasteiger partial charge in [0.1, 0.15) is 0 Å². The molecule has 2 aromatic rings. The van der Waals surface area contributed by atoms with E-state index in [1.165, 1.54) is 18.3 Å². The Morgan fingerprint density at radius 2 is 2.16 bits per heavy atom. The molecule has 2 amide bonds. The molecule has 0 radical (unpaired) electrons. The van der Waals surface area contributed by atoms with Crippen molar-refractivity contribution in [2.75, 3.05) is 11.9 Å². The van der Waals surface area contributed by atoms with Gasteiger partial charge in [0.15, 0.2) is 5.13 Å². The summed E-state index contributed by atoms with van der Waals surface area (Å²) in [5, 5.41) is 14.3. The minimum absolute atomic E-state index is 0.0755. The molecule has 1 atom stereocenters. The summed E-state index contributed by atoms with van der Waals surface area (Å²) in [6, 6.07) is 7.11. The molecule has 100 valence electrons. The number of amides is 2. The zero-order chi connectivity index (χ0) is 13.8. The van der Waals surface area contributed by atoms with E-state index in [1.807, 2.05) is 24.3 Å². The monoisotopic (exact) mass is 279 g/mol. The van der Waals surface area contributed by atoms with Crippen molar-refractivity contribution in [1.82, 2.24) is 10.3 Å². The summed E-state index contributed by atoms with van der Waals surface area (Å²) >= 11 is 1.37. The number of carbonyl (C=O) groups is 2. The van der Waals surface area contributed by atoms with Gasteiger partial charge in [-0.2, -0.15) is 0 Å². The standard InChI is InChI=1S/C12H13N3O3S/c1-7(10(16)17)6-13-11(18)15-12-14-8-4-2-3-5-9(8)19-12/h2-5,7H,6H2,1H3,(H,16,17)(H2,13,14,15,18). The number of nitrogens with one attached hydrogen (secondary N) is 2. The highest BCUT2D eigenvalue weighted by Crippen LogP contribution is 2.25. The van der Waals surface area contributed by atoms with E-state index in [0.29, 0.717) is 5.13 Å². The first-order valence-corrected chi connectivity index (χ1v) is 6.51. The maximum Gasteiger partial charge on any atom is 0.321 e. The fraction of sp³-hybridized carbons (Fsp3) is 0.250. The summed E-state index contributed by atoms with van der Waals surface area (Å²) in [6.07, 6.45) is 0. The molecule has 1 heterocycles. The molecular weight excluding hydrogens is 266 g/mol. The van der Waals surface area contributed by atoms with Gasteiger partial charge in [0.05, 0.1) is 16.1 Å². The van der Waals surface area contributed by atoms with Crippen molar-refractivity contribution < 1.29 is 14.7 Å². The fourth-order valence-corrected chi connectivity index (χ4v) is 2.26. The van der Waals surface area contributed by atoms with E-state index in [0.717, 1.165) is 10.2 Å². The van der Waals surface area contributed by atoms with Gasteiger partial charge in [0.2, 0.25) is 0 Å².